The molecule has 1 aliphatic carbocycles. The van der Waals surface area contributed by atoms with Crippen molar-refractivity contribution in [3.8, 4) is 11.5 Å². The molecule has 1 unspecified atom stereocenters. The van der Waals surface area contributed by atoms with Gasteiger partial charge in [0.1, 0.15) is 11.5 Å². The van der Waals surface area contributed by atoms with Crippen LogP contribution in [0, 0.1) is 5.92 Å². The van der Waals surface area contributed by atoms with Crippen molar-refractivity contribution in [2.24, 2.45) is 5.92 Å². The van der Waals surface area contributed by atoms with Crippen molar-refractivity contribution in [3.63, 3.8) is 0 Å². The van der Waals surface area contributed by atoms with E-state index in [2.05, 4.69) is 31.9 Å². The number of rotatable bonds is 8. The molecule has 1 saturated carbocycles. The third-order valence-corrected chi connectivity index (χ3v) is 7.00. The molecule has 2 fully saturated rings. The number of benzene rings is 1. The van der Waals surface area contributed by atoms with Gasteiger partial charge in [-0.2, -0.15) is 0 Å². The lowest BCUT2D eigenvalue weighted by Crippen LogP contribution is -2.34. The number of carbonyl (C=O) groups is 1. The summed E-state index contributed by atoms with van der Waals surface area (Å²) in [6.45, 7) is 6.23. The summed E-state index contributed by atoms with van der Waals surface area (Å²) in [4.78, 5) is 15.3. The quantitative estimate of drug-likeness (QED) is 0.615. The Morgan fingerprint density at radius 3 is 2.55 bits per heavy atom. The van der Waals surface area contributed by atoms with Crippen molar-refractivity contribution in [2.75, 3.05) is 37.5 Å². The molecule has 1 N–H and O–H groups in total. The summed E-state index contributed by atoms with van der Waals surface area (Å²) in [6, 6.07) is 5.78. The van der Waals surface area contributed by atoms with Gasteiger partial charge in [0, 0.05) is 25.2 Å². The highest BCUT2D eigenvalue weighted by Gasteiger charge is 2.33. The van der Waals surface area contributed by atoms with E-state index in [9.17, 15) is 4.79 Å². The summed E-state index contributed by atoms with van der Waals surface area (Å²) in [6.07, 6.45) is 4.65. The van der Waals surface area contributed by atoms with Gasteiger partial charge in [-0.05, 0) is 50.7 Å². The molecule has 4 rings (SSSR count). The predicted octanol–water partition coefficient (Wildman–Crippen LogP) is 3.99. The van der Waals surface area contributed by atoms with Gasteiger partial charge in [-0.3, -0.25) is 9.36 Å². The minimum absolute atomic E-state index is 0.116. The van der Waals surface area contributed by atoms with E-state index in [0.29, 0.717) is 23.2 Å². The zero-order valence-electron chi connectivity index (χ0n) is 18.6. The zero-order chi connectivity index (χ0) is 22.0. The number of methoxy groups -OCH3 is 2. The van der Waals surface area contributed by atoms with E-state index in [-0.39, 0.29) is 11.2 Å². The number of hydrogen-bond donors (Lipinski definition) is 1. The van der Waals surface area contributed by atoms with Crippen LogP contribution in [0.4, 0.5) is 11.6 Å². The van der Waals surface area contributed by atoms with Crippen LogP contribution in [0.1, 0.15) is 45.6 Å². The lowest BCUT2D eigenvalue weighted by atomic mass is 10.00. The monoisotopic (exact) mass is 445 g/mol. The number of thioether (sulfide) groups is 1. The Morgan fingerprint density at radius 1 is 1.16 bits per heavy atom. The Hall–Kier alpha value is -2.42. The Morgan fingerprint density at radius 2 is 1.90 bits per heavy atom. The standard InChI is InChI=1S/C22H31N5O3S/c1-14-9-11-26(12-10-14)21-24-25-22(27(21)16-5-6-16)31-15(2)20(28)23-18-13-17(29-3)7-8-19(18)30-4/h7-8,13-16H,5-6,9-12H2,1-4H3,(H,23,28). The fraction of sp³-hybridized carbons (Fsp3) is 0.591. The Bertz CT molecular complexity index is 922. The Kier molecular flexibility index (Phi) is 6.60. The van der Waals surface area contributed by atoms with E-state index in [1.54, 1.807) is 32.4 Å². The van der Waals surface area contributed by atoms with Gasteiger partial charge in [-0.25, -0.2) is 0 Å². The van der Waals surface area contributed by atoms with E-state index in [1.165, 1.54) is 24.6 Å². The molecule has 0 bridgehead atoms. The van der Waals surface area contributed by atoms with Gasteiger partial charge in [0.15, 0.2) is 5.16 Å². The molecule has 9 heteroatoms. The summed E-state index contributed by atoms with van der Waals surface area (Å²) < 4.78 is 12.9. The van der Waals surface area contributed by atoms with Crippen LogP contribution >= 0.6 is 11.8 Å². The summed E-state index contributed by atoms with van der Waals surface area (Å²) >= 11 is 1.45. The highest BCUT2D eigenvalue weighted by Crippen LogP contribution is 2.42. The van der Waals surface area contributed by atoms with Crippen molar-refractivity contribution < 1.29 is 14.3 Å². The topological polar surface area (TPSA) is 81.5 Å². The second kappa shape index (κ2) is 9.38. The van der Waals surface area contributed by atoms with E-state index >= 15 is 0 Å². The second-order valence-corrected chi connectivity index (χ2v) is 9.68. The lowest BCUT2D eigenvalue weighted by Gasteiger charge is -2.31. The predicted molar refractivity (Wildman–Crippen MR) is 122 cm³/mol. The van der Waals surface area contributed by atoms with E-state index in [4.69, 9.17) is 9.47 Å². The first-order valence-electron chi connectivity index (χ1n) is 10.9. The second-order valence-electron chi connectivity index (χ2n) is 8.37. The van der Waals surface area contributed by atoms with Crippen LogP contribution < -0.4 is 19.7 Å². The highest BCUT2D eigenvalue weighted by molar-refractivity contribution is 8.00. The number of amides is 1. The van der Waals surface area contributed by atoms with E-state index in [0.717, 1.165) is 43.0 Å². The summed E-state index contributed by atoms with van der Waals surface area (Å²) in [7, 11) is 3.17. The molecule has 1 amide bonds. The molecule has 168 valence electrons. The third kappa shape index (κ3) is 4.92. The maximum absolute atomic E-state index is 12.9. The molecule has 1 atom stereocenters. The first-order valence-corrected chi connectivity index (χ1v) is 11.8. The van der Waals surface area contributed by atoms with Gasteiger partial charge in [-0.15, -0.1) is 10.2 Å². The minimum atomic E-state index is -0.341. The SMILES string of the molecule is COc1ccc(OC)c(NC(=O)C(C)Sc2nnc(N3CCC(C)CC3)n2C2CC2)c1. The van der Waals surface area contributed by atoms with Crippen molar-refractivity contribution in [2.45, 2.75) is 56.0 Å². The molecule has 1 aromatic heterocycles. The number of hydrogen-bond acceptors (Lipinski definition) is 7. The maximum atomic E-state index is 12.9. The van der Waals surface area contributed by atoms with Crippen LogP contribution in [0.5, 0.6) is 11.5 Å². The number of anilines is 2. The van der Waals surface area contributed by atoms with Crippen molar-refractivity contribution in [1.29, 1.82) is 0 Å². The largest absolute Gasteiger partial charge is 0.497 e. The van der Waals surface area contributed by atoms with Gasteiger partial charge >= 0.3 is 0 Å². The van der Waals surface area contributed by atoms with Crippen molar-refractivity contribution in [3.05, 3.63) is 18.2 Å². The van der Waals surface area contributed by atoms with Crippen molar-refractivity contribution in [1.82, 2.24) is 14.8 Å². The summed E-state index contributed by atoms with van der Waals surface area (Å²) in [5.74, 6) is 2.86. The molecular formula is C22H31N5O3S. The lowest BCUT2D eigenvalue weighted by molar-refractivity contribution is -0.115. The zero-order valence-corrected chi connectivity index (χ0v) is 19.4. The molecule has 31 heavy (non-hydrogen) atoms. The number of nitrogens with one attached hydrogen (secondary N) is 1. The maximum Gasteiger partial charge on any atom is 0.237 e. The van der Waals surface area contributed by atoms with Gasteiger partial charge in [0.25, 0.3) is 0 Å². The first kappa shape index (κ1) is 21.8. The molecule has 2 aliphatic rings. The van der Waals surface area contributed by atoms with Crippen LogP contribution in [-0.4, -0.2) is 53.2 Å². The van der Waals surface area contributed by atoms with E-state index < -0.39 is 0 Å². The van der Waals surface area contributed by atoms with Gasteiger partial charge in [0.2, 0.25) is 11.9 Å². The third-order valence-electron chi connectivity index (χ3n) is 5.94. The normalized spacial score (nSPS) is 18.0. The smallest absolute Gasteiger partial charge is 0.237 e. The van der Waals surface area contributed by atoms with Crippen LogP contribution in [0.25, 0.3) is 0 Å². The number of carbonyl (C=O) groups excluding carboxylic acids is 1. The molecule has 1 saturated heterocycles. The average molecular weight is 446 g/mol. The number of ether oxygens (including phenoxy) is 2. The van der Waals surface area contributed by atoms with Crippen LogP contribution in [0.2, 0.25) is 0 Å². The number of piperidine rings is 1. The molecule has 1 aromatic carbocycles. The Balaban J connectivity index is 1.47. The summed E-state index contributed by atoms with van der Waals surface area (Å²) in [5, 5.41) is 12.4. The molecular weight excluding hydrogens is 414 g/mol. The number of nitrogens with zero attached hydrogens (tertiary/aromatic N) is 4. The van der Waals surface area contributed by atoms with Crippen molar-refractivity contribution >= 4 is 29.3 Å². The van der Waals surface area contributed by atoms with Crippen LogP contribution in [0.15, 0.2) is 23.4 Å². The first-order chi connectivity index (χ1) is 15.0. The molecule has 0 spiro atoms. The van der Waals surface area contributed by atoms with Gasteiger partial charge in [0.05, 0.1) is 25.2 Å². The molecule has 2 aromatic rings. The number of aromatic nitrogens is 3. The van der Waals surface area contributed by atoms with E-state index in [1.807, 2.05) is 6.92 Å². The molecule has 1 aliphatic heterocycles. The summed E-state index contributed by atoms with van der Waals surface area (Å²) in [5.41, 5.74) is 0.589. The Labute approximate surface area is 187 Å². The van der Waals surface area contributed by atoms with Gasteiger partial charge in [-0.1, -0.05) is 18.7 Å². The minimum Gasteiger partial charge on any atom is -0.497 e. The van der Waals surface area contributed by atoms with Crippen LogP contribution in [-0.2, 0) is 4.79 Å². The molecule has 8 nitrogen and oxygen atoms in total. The molecule has 0 radical (unpaired) electrons. The van der Waals surface area contributed by atoms with Gasteiger partial charge < -0.3 is 19.7 Å². The fourth-order valence-electron chi connectivity index (χ4n) is 3.78. The average Bonchev–Trinajstić information content (AvgIpc) is 3.54. The van der Waals surface area contributed by atoms with Crippen LogP contribution in [0.3, 0.4) is 0 Å². The highest BCUT2D eigenvalue weighted by atomic mass is 32.2. The molecule has 2 heterocycles. The fourth-order valence-corrected chi connectivity index (χ4v) is 4.70.